The smallest absolute Gasteiger partial charge is 0.0236 e. The van der Waals surface area contributed by atoms with E-state index >= 15 is 0 Å². The van der Waals surface area contributed by atoms with Crippen LogP contribution < -0.4 is 5.32 Å². The van der Waals surface area contributed by atoms with Crippen molar-refractivity contribution in [3.8, 4) is 0 Å². The summed E-state index contributed by atoms with van der Waals surface area (Å²) >= 11 is 1.87. The molecule has 1 aliphatic heterocycles. The molecule has 0 aliphatic carbocycles. The lowest BCUT2D eigenvalue weighted by Gasteiger charge is -2.39. The first kappa shape index (κ1) is 14.8. The van der Waals surface area contributed by atoms with Crippen molar-refractivity contribution in [3.63, 3.8) is 0 Å². The molecule has 1 aromatic heterocycles. The molecule has 1 N–H and O–H groups in total. The third kappa shape index (κ3) is 4.16. The standard InChI is InChI=1S/C18H24N2S/c1-15-13-19-17(12-16-6-3-2-4-7-16)14-20(15)10-9-18-8-5-11-21-18/h2-8,11,15,17,19H,9-10,12-14H2,1H3. The van der Waals surface area contributed by atoms with Crippen molar-refractivity contribution in [2.45, 2.75) is 31.8 Å². The van der Waals surface area contributed by atoms with Gasteiger partial charge in [-0.25, -0.2) is 0 Å². The van der Waals surface area contributed by atoms with Crippen LogP contribution in [0.2, 0.25) is 0 Å². The van der Waals surface area contributed by atoms with Gasteiger partial charge in [-0.3, -0.25) is 4.90 Å². The minimum absolute atomic E-state index is 0.576. The fourth-order valence-electron chi connectivity index (χ4n) is 3.05. The summed E-state index contributed by atoms with van der Waals surface area (Å²) in [5, 5.41) is 5.88. The molecular formula is C18H24N2S. The van der Waals surface area contributed by atoms with Crippen molar-refractivity contribution in [3.05, 3.63) is 58.3 Å². The number of nitrogens with one attached hydrogen (secondary N) is 1. The van der Waals surface area contributed by atoms with Gasteiger partial charge in [0.05, 0.1) is 0 Å². The van der Waals surface area contributed by atoms with Crippen LogP contribution >= 0.6 is 11.3 Å². The van der Waals surface area contributed by atoms with Crippen LogP contribution in [0.5, 0.6) is 0 Å². The van der Waals surface area contributed by atoms with Gasteiger partial charge in [-0.15, -0.1) is 11.3 Å². The summed E-state index contributed by atoms with van der Waals surface area (Å²) in [7, 11) is 0. The van der Waals surface area contributed by atoms with Crippen molar-refractivity contribution in [2.75, 3.05) is 19.6 Å². The highest BCUT2D eigenvalue weighted by atomic mass is 32.1. The summed E-state index contributed by atoms with van der Waals surface area (Å²) in [6, 6.07) is 16.4. The van der Waals surface area contributed by atoms with Crippen LogP contribution in [0.1, 0.15) is 17.4 Å². The molecule has 2 atom stereocenters. The summed E-state index contributed by atoms with van der Waals surface area (Å²) in [6.45, 7) is 5.76. The molecule has 2 aromatic rings. The van der Waals surface area contributed by atoms with Crippen LogP contribution in [0, 0.1) is 0 Å². The maximum absolute atomic E-state index is 3.70. The second-order valence-corrected chi connectivity index (χ2v) is 7.00. The van der Waals surface area contributed by atoms with Gasteiger partial charge in [-0.2, -0.15) is 0 Å². The Kier molecular flexibility index (Phi) is 5.07. The van der Waals surface area contributed by atoms with E-state index in [1.807, 2.05) is 11.3 Å². The molecule has 1 fully saturated rings. The van der Waals surface area contributed by atoms with Crippen LogP contribution in [-0.4, -0.2) is 36.6 Å². The first-order valence-corrected chi connectivity index (χ1v) is 8.73. The van der Waals surface area contributed by atoms with Crippen molar-refractivity contribution in [2.24, 2.45) is 0 Å². The third-order valence-corrected chi connectivity index (χ3v) is 5.27. The Morgan fingerprint density at radius 1 is 1.19 bits per heavy atom. The minimum Gasteiger partial charge on any atom is -0.311 e. The van der Waals surface area contributed by atoms with Crippen LogP contribution in [0.15, 0.2) is 47.8 Å². The Bertz CT molecular complexity index is 523. The van der Waals surface area contributed by atoms with E-state index < -0.39 is 0 Å². The van der Waals surface area contributed by atoms with Gasteiger partial charge in [0, 0.05) is 36.6 Å². The summed E-state index contributed by atoms with van der Waals surface area (Å²) in [5.74, 6) is 0. The molecule has 0 bridgehead atoms. The molecule has 2 nitrogen and oxygen atoms in total. The first-order chi connectivity index (χ1) is 10.3. The van der Waals surface area contributed by atoms with E-state index in [1.165, 1.54) is 23.4 Å². The zero-order chi connectivity index (χ0) is 14.5. The SMILES string of the molecule is CC1CNC(Cc2ccccc2)CN1CCc1cccs1. The van der Waals surface area contributed by atoms with Crippen molar-refractivity contribution in [1.29, 1.82) is 0 Å². The fraction of sp³-hybridized carbons (Fsp3) is 0.444. The van der Waals surface area contributed by atoms with E-state index in [2.05, 4.69) is 65.0 Å². The van der Waals surface area contributed by atoms with Crippen molar-refractivity contribution < 1.29 is 0 Å². The molecule has 1 aromatic carbocycles. The predicted molar refractivity (Wildman–Crippen MR) is 91.0 cm³/mol. The average Bonchev–Trinajstić information content (AvgIpc) is 3.02. The predicted octanol–water partition coefficient (Wildman–Crippen LogP) is 3.20. The zero-order valence-electron chi connectivity index (χ0n) is 12.7. The maximum Gasteiger partial charge on any atom is 0.0236 e. The van der Waals surface area contributed by atoms with E-state index in [-0.39, 0.29) is 0 Å². The maximum atomic E-state index is 3.70. The Hall–Kier alpha value is -1.16. The number of hydrogen-bond donors (Lipinski definition) is 1. The highest BCUT2D eigenvalue weighted by Crippen LogP contribution is 2.14. The number of benzene rings is 1. The Morgan fingerprint density at radius 2 is 2.05 bits per heavy atom. The van der Waals surface area contributed by atoms with Gasteiger partial charge in [0.2, 0.25) is 0 Å². The van der Waals surface area contributed by atoms with Crippen LogP contribution in [-0.2, 0) is 12.8 Å². The second kappa shape index (κ2) is 7.21. The van der Waals surface area contributed by atoms with Gasteiger partial charge in [-0.05, 0) is 36.8 Å². The normalized spacial score (nSPS) is 23.3. The van der Waals surface area contributed by atoms with Gasteiger partial charge >= 0.3 is 0 Å². The van der Waals surface area contributed by atoms with E-state index in [9.17, 15) is 0 Å². The highest BCUT2D eigenvalue weighted by molar-refractivity contribution is 7.09. The van der Waals surface area contributed by atoms with Gasteiger partial charge in [0.1, 0.15) is 0 Å². The van der Waals surface area contributed by atoms with Crippen molar-refractivity contribution in [1.82, 2.24) is 10.2 Å². The van der Waals surface area contributed by atoms with Gasteiger partial charge in [-0.1, -0.05) is 36.4 Å². The number of piperazine rings is 1. The Balaban J connectivity index is 1.54. The second-order valence-electron chi connectivity index (χ2n) is 5.97. The van der Waals surface area contributed by atoms with Crippen LogP contribution in [0.3, 0.4) is 0 Å². The van der Waals surface area contributed by atoms with E-state index in [4.69, 9.17) is 0 Å². The molecule has 3 heteroatoms. The summed E-state index contributed by atoms with van der Waals surface area (Å²) in [5.41, 5.74) is 1.43. The van der Waals surface area contributed by atoms with Gasteiger partial charge in [0.15, 0.2) is 0 Å². The molecule has 1 aliphatic rings. The molecule has 0 radical (unpaired) electrons. The average molecular weight is 300 g/mol. The third-order valence-electron chi connectivity index (χ3n) is 4.33. The topological polar surface area (TPSA) is 15.3 Å². The Labute approximate surface area is 131 Å². The first-order valence-electron chi connectivity index (χ1n) is 7.85. The molecule has 0 amide bonds. The van der Waals surface area contributed by atoms with E-state index in [0.29, 0.717) is 12.1 Å². The molecule has 0 saturated carbocycles. The molecule has 1 saturated heterocycles. The Morgan fingerprint density at radius 3 is 2.81 bits per heavy atom. The van der Waals surface area contributed by atoms with Gasteiger partial charge in [0.25, 0.3) is 0 Å². The largest absolute Gasteiger partial charge is 0.311 e. The fourth-order valence-corrected chi connectivity index (χ4v) is 3.75. The molecule has 112 valence electrons. The molecule has 21 heavy (non-hydrogen) atoms. The molecule has 2 heterocycles. The molecular weight excluding hydrogens is 276 g/mol. The van der Waals surface area contributed by atoms with Gasteiger partial charge < -0.3 is 5.32 Å². The molecule has 2 unspecified atom stereocenters. The summed E-state index contributed by atoms with van der Waals surface area (Å²) < 4.78 is 0. The lowest BCUT2D eigenvalue weighted by Crippen LogP contribution is -2.56. The summed E-state index contributed by atoms with van der Waals surface area (Å²) in [4.78, 5) is 4.14. The highest BCUT2D eigenvalue weighted by Gasteiger charge is 2.24. The molecule has 0 spiro atoms. The number of rotatable bonds is 5. The molecule has 3 rings (SSSR count). The lowest BCUT2D eigenvalue weighted by atomic mass is 10.0. The lowest BCUT2D eigenvalue weighted by molar-refractivity contribution is 0.142. The minimum atomic E-state index is 0.576. The van der Waals surface area contributed by atoms with Crippen LogP contribution in [0.25, 0.3) is 0 Å². The zero-order valence-corrected chi connectivity index (χ0v) is 13.5. The van der Waals surface area contributed by atoms with Crippen LogP contribution in [0.4, 0.5) is 0 Å². The van der Waals surface area contributed by atoms with E-state index in [1.54, 1.807) is 0 Å². The number of hydrogen-bond acceptors (Lipinski definition) is 3. The summed E-state index contributed by atoms with van der Waals surface area (Å²) in [6.07, 6.45) is 2.31. The monoisotopic (exact) mass is 300 g/mol. The number of nitrogens with zero attached hydrogens (tertiary/aromatic N) is 1. The van der Waals surface area contributed by atoms with Crippen molar-refractivity contribution >= 4 is 11.3 Å². The van der Waals surface area contributed by atoms with E-state index in [0.717, 1.165) is 19.5 Å². The number of thiophene rings is 1. The quantitative estimate of drug-likeness (QED) is 0.912.